The van der Waals surface area contributed by atoms with Gasteiger partial charge in [-0.05, 0) is 44.7 Å². The summed E-state index contributed by atoms with van der Waals surface area (Å²) >= 11 is 0. The average Bonchev–Trinajstić information content (AvgIpc) is 2.92. The number of benzene rings is 2. The van der Waals surface area contributed by atoms with Crippen LogP contribution >= 0.6 is 0 Å². The van der Waals surface area contributed by atoms with Crippen LogP contribution in [0.1, 0.15) is 92.0 Å². The number of hydrogen-bond donors (Lipinski definition) is 7. The van der Waals surface area contributed by atoms with Gasteiger partial charge in [0.25, 0.3) is 0 Å². The number of hydrogen-bond acceptors (Lipinski definition) is 10. The molecule has 6 atom stereocenters. The molecule has 228 valence electrons. The molecule has 6 unspecified atom stereocenters. The van der Waals surface area contributed by atoms with E-state index in [1.54, 1.807) is 0 Å². The first-order valence-electron chi connectivity index (χ1n) is 14.1. The van der Waals surface area contributed by atoms with Crippen LogP contribution < -0.4 is 4.74 Å². The third-order valence-electron chi connectivity index (χ3n) is 8.13. The molecule has 11 heteroatoms. The zero-order valence-corrected chi connectivity index (χ0v) is 24.0. The predicted octanol–water partition coefficient (Wildman–Crippen LogP) is 3.40. The number of rotatable bonds is 13. The van der Waals surface area contributed by atoms with Crippen molar-refractivity contribution in [3.63, 3.8) is 0 Å². The van der Waals surface area contributed by atoms with E-state index in [1.165, 1.54) is 13.8 Å². The number of aliphatic hydroxyl groups is 4. The molecule has 1 aliphatic rings. The monoisotopic (exact) mass is 578 g/mol. The fourth-order valence-electron chi connectivity index (χ4n) is 5.59. The van der Waals surface area contributed by atoms with Gasteiger partial charge in [-0.3, -0.25) is 4.79 Å². The largest absolute Gasteiger partial charge is 0.507 e. The summed E-state index contributed by atoms with van der Waals surface area (Å²) in [5, 5.41) is 74.4. The molecule has 0 saturated carbocycles. The molecule has 0 amide bonds. The van der Waals surface area contributed by atoms with Gasteiger partial charge in [-0.15, -0.1) is 0 Å². The number of phenolic OH excluding ortho intramolecular Hbond substituents is 2. The molecule has 0 aromatic heterocycles. The number of ketones is 1. The van der Waals surface area contributed by atoms with Crippen LogP contribution in [0.2, 0.25) is 0 Å². The Morgan fingerprint density at radius 1 is 1.10 bits per heavy atom. The highest BCUT2D eigenvalue weighted by molar-refractivity contribution is 6.11. The molecule has 0 radical (unpaired) electrons. The first kappa shape index (κ1) is 32.6. The van der Waals surface area contributed by atoms with Crippen molar-refractivity contribution in [2.75, 3.05) is 6.61 Å². The number of unbranched alkanes of at least 4 members (excludes halogenated alkanes) is 3. The fourth-order valence-corrected chi connectivity index (χ4v) is 5.59. The number of carboxylic acid groups (broad SMARTS) is 1. The molecule has 1 heterocycles. The standard InChI is InChI=1S/C30H42O11/c1-5-6-7-8-9-15(2)10-11-30(39)21(14-31)41-29(26(35)27(30)36)40-20-13-18(28(37)38)12-19-23(20)25(34)22(17(4)32)16(3)24(19)33/h12-13,15,21,26-27,29,31,33-36,39H,5-11,14H2,1-4H3,(H,37,38). The van der Waals surface area contributed by atoms with Gasteiger partial charge in [-0.1, -0.05) is 46.0 Å². The number of Topliss-reactive ketones (excluding diaryl/α,β-unsaturated/α-hetero) is 1. The molecule has 1 aliphatic heterocycles. The maximum Gasteiger partial charge on any atom is 0.335 e. The molecule has 0 bridgehead atoms. The second-order valence-electron chi connectivity index (χ2n) is 11.2. The highest BCUT2D eigenvalue weighted by Crippen LogP contribution is 2.46. The number of ether oxygens (including phenoxy) is 2. The van der Waals surface area contributed by atoms with Crippen molar-refractivity contribution in [1.29, 1.82) is 0 Å². The SMILES string of the molecule is CCCCCCC(C)CCC1(O)C(CO)OC(Oc2cc(C(=O)O)cc3c(O)c(C)c(C(C)=O)c(O)c23)C(O)C1O. The van der Waals surface area contributed by atoms with Crippen LogP contribution in [0.15, 0.2) is 12.1 Å². The van der Waals surface area contributed by atoms with Gasteiger partial charge in [0.1, 0.15) is 41.2 Å². The van der Waals surface area contributed by atoms with E-state index in [1.807, 2.05) is 6.92 Å². The van der Waals surface area contributed by atoms with Crippen molar-refractivity contribution >= 4 is 22.5 Å². The summed E-state index contributed by atoms with van der Waals surface area (Å²) in [6, 6.07) is 2.11. The van der Waals surface area contributed by atoms with Crippen LogP contribution in [0.4, 0.5) is 0 Å². The number of aliphatic hydroxyl groups excluding tert-OH is 3. The zero-order chi connectivity index (χ0) is 30.6. The van der Waals surface area contributed by atoms with E-state index >= 15 is 0 Å². The average molecular weight is 579 g/mol. The van der Waals surface area contributed by atoms with Crippen LogP contribution in [0, 0.1) is 12.8 Å². The predicted molar refractivity (Wildman–Crippen MR) is 149 cm³/mol. The number of carboxylic acids is 1. The zero-order valence-electron chi connectivity index (χ0n) is 24.0. The Morgan fingerprint density at radius 3 is 2.37 bits per heavy atom. The maximum atomic E-state index is 12.2. The van der Waals surface area contributed by atoms with Gasteiger partial charge in [0.05, 0.1) is 23.1 Å². The number of carbonyl (C=O) groups is 2. The van der Waals surface area contributed by atoms with Crippen molar-refractivity contribution < 1.29 is 54.8 Å². The van der Waals surface area contributed by atoms with Gasteiger partial charge >= 0.3 is 5.97 Å². The Morgan fingerprint density at radius 2 is 1.78 bits per heavy atom. The molecular weight excluding hydrogens is 536 g/mol. The van der Waals surface area contributed by atoms with Crippen molar-refractivity contribution in [3.8, 4) is 17.2 Å². The number of carbonyl (C=O) groups excluding carboxylic acids is 1. The van der Waals surface area contributed by atoms with E-state index in [2.05, 4.69) is 6.92 Å². The van der Waals surface area contributed by atoms with Crippen LogP contribution in [0.25, 0.3) is 10.8 Å². The fraction of sp³-hybridized carbons (Fsp3) is 0.600. The minimum atomic E-state index is -2.00. The van der Waals surface area contributed by atoms with Crippen molar-refractivity contribution in [2.45, 2.75) is 103 Å². The van der Waals surface area contributed by atoms with Gasteiger partial charge < -0.3 is 45.2 Å². The normalized spacial score (nSPS) is 25.3. The van der Waals surface area contributed by atoms with Crippen LogP contribution in [0.5, 0.6) is 17.2 Å². The molecular formula is C30H42O11. The number of fused-ring (bicyclic) bond motifs is 1. The number of phenols is 2. The van der Waals surface area contributed by atoms with Crippen LogP contribution in [0.3, 0.4) is 0 Å². The molecule has 0 spiro atoms. The Labute approximate surface area is 239 Å². The quantitative estimate of drug-likeness (QED) is 0.105. The summed E-state index contributed by atoms with van der Waals surface area (Å²) in [5.74, 6) is -3.14. The lowest BCUT2D eigenvalue weighted by molar-refractivity contribution is -0.315. The molecule has 3 rings (SSSR count). The Bertz CT molecular complexity index is 1260. The highest BCUT2D eigenvalue weighted by atomic mass is 16.7. The van der Waals surface area contributed by atoms with Crippen molar-refractivity contribution in [1.82, 2.24) is 0 Å². The van der Waals surface area contributed by atoms with E-state index in [-0.39, 0.29) is 45.6 Å². The van der Waals surface area contributed by atoms with E-state index < -0.39 is 60.1 Å². The van der Waals surface area contributed by atoms with E-state index in [0.717, 1.165) is 44.2 Å². The van der Waals surface area contributed by atoms with Crippen LogP contribution in [-0.4, -0.2) is 84.3 Å². The van der Waals surface area contributed by atoms with Crippen LogP contribution in [-0.2, 0) is 4.74 Å². The lowest BCUT2D eigenvalue weighted by atomic mass is 9.78. The maximum absolute atomic E-state index is 12.2. The third-order valence-corrected chi connectivity index (χ3v) is 8.13. The molecule has 41 heavy (non-hydrogen) atoms. The van der Waals surface area contributed by atoms with Gasteiger partial charge in [-0.25, -0.2) is 4.79 Å². The second-order valence-corrected chi connectivity index (χ2v) is 11.2. The lowest BCUT2D eigenvalue weighted by Crippen LogP contribution is -2.67. The minimum absolute atomic E-state index is 0.0327. The Balaban J connectivity index is 1.95. The molecule has 2 aromatic rings. The molecule has 11 nitrogen and oxygen atoms in total. The van der Waals surface area contributed by atoms with Gasteiger partial charge in [0, 0.05) is 10.9 Å². The summed E-state index contributed by atoms with van der Waals surface area (Å²) in [4.78, 5) is 24.1. The lowest BCUT2D eigenvalue weighted by Gasteiger charge is -2.48. The molecule has 2 aromatic carbocycles. The molecule has 7 N–H and O–H groups in total. The summed E-state index contributed by atoms with van der Waals surface area (Å²) in [5.41, 5.74) is -2.52. The topological polar surface area (TPSA) is 194 Å². The first-order valence-corrected chi connectivity index (χ1v) is 14.1. The highest BCUT2D eigenvalue weighted by Gasteiger charge is 2.55. The Hall–Kier alpha value is -2.96. The molecule has 1 saturated heterocycles. The van der Waals surface area contributed by atoms with Crippen molar-refractivity contribution in [2.24, 2.45) is 5.92 Å². The van der Waals surface area contributed by atoms with Gasteiger partial charge in [-0.2, -0.15) is 0 Å². The summed E-state index contributed by atoms with van der Waals surface area (Å²) in [6.45, 7) is 6.01. The third kappa shape index (κ3) is 6.60. The summed E-state index contributed by atoms with van der Waals surface area (Å²) in [6.07, 6.45) is -0.889. The number of aromatic carboxylic acids is 1. The van der Waals surface area contributed by atoms with E-state index in [9.17, 15) is 45.3 Å². The summed E-state index contributed by atoms with van der Waals surface area (Å²) < 4.78 is 11.5. The summed E-state index contributed by atoms with van der Waals surface area (Å²) in [7, 11) is 0. The van der Waals surface area contributed by atoms with E-state index in [4.69, 9.17) is 9.47 Å². The van der Waals surface area contributed by atoms with E-state index in [0.29, 0.717) is 6.42 Å². The smallest absolute Gasteiger partial charge is 0.335 e. The minimum Gasteiger partial charge on any atom is -0.507 e. The Kier molecular flexibility index (Phi) is 10.6. The first-order chi connectivity index (χ1) is 19.3. The molecule has 1 fully saturated rings. The van der Waals surface area contributed by atoms with Gasteiger partial charge in [0.2, 0.25) is 6.29 Å². The second kappa shape index (κ2) is 13.3. The number of aromatic hydroxyl groups is 2. The molecule has 0 aliphatic carbocycles. The van der Waals surface area contributed by atoms with Gasteiger partial charge in [0.15, 0.2) is 5.78 Å². The van der Waals surface area contributed by atoms with Crippen molar-refractivity contribution in [3.05, 3.63) is 28.8 Å².